The molecule has 0 atom stereocenters. The van der Waals surface area contributed by atoms with Crippen LogP contribution in [-0.2, 0) is 13.6 Å². The van der Waals surface area contributed by atoms with Crippen LogP contribution in [0.5, 0.6) is 0 Å². The van der Waals surface area contributed by atoms with Gasteiger partial charge in [-0.15, -0.1) is 10.2 Å². The van der Waals surface area contributed by atoms with Crippen LogP contribution in [0.3, 0.4) is 0 Å². The number of carbonyl (C=O) groups is 1. The molecule has 0 radical (unpaired) electrons. The van der Waals surface area contributed by atoms with E-state index >= 15 is 0 Å². The number of pyridine rings is 1. The summed E-state index contributed by atoms with van der Waals surface area (Å²) in [5, 5.41) is 13.3. The molecule has 0 bridgehead atoms. The van der Waals surface area contributed by atoms with Crippen LogP contribution in [0.25, 0.3) is 0 Å². The molecular weight excluding hydrogens is 232 g/mol. The molecule has 2 aromatic rings. The fourth-order valence-electron chi connectivity index (χ4n) is 1.44. The summed E-state index contributed by atoms with van der Waals surface area (Å²) in [6.07, 6.45) is 3.18. The molecule has 0 unspecified atom stereocenters. The summed E-state index contributed by atoms with van der Waals surface area (Å²) >= 11 is 0. The van der Waals surface area contributed by atoms with E-state index < -0.39 is 0 Å². The number of anilines is 1. The monoisotopic (exact) mass is 246 g/mol. The molecule has 2 heterocycles. The Balaban J connectivity index is 2.01. The minimum atomic E-state index is -0.170. The van der Waals surface area contributed by atoms with Gasteiger partial charge in [0.1, 0.15) is 12.1 Å². The first-order valence-electron chi connectivity index (χ1n) is 5.45. The van der Waals surface area contributed by atoms with Crippen molar-refractivity contribution in [3.05, 3.63) is 36.0 Å². The standard InChI is InChI=1S/C11H14N6O/c1-12-9-5-8(3-4-13-9)11(18)14-6-10-16-15-7-17(10)2/h3-5,7H,6H2,1-2H3,(H,12,13)(H,14,18). The van der Waals surface area contributed by atoms with Gasteiger partial charge in [-0.25, -0.2) is 4.98 Å². The summed E-state index contributed by atoms with van der Waals surface area (Å²) in [7, 11) is 3.58. The largest absolute Gasteiger partial charge is 0.373 e. The average Bonchev–Trinajstić information content (AvgIpc) is 2.81. The van der Waals surface area contributed by atoms with E-state index in [1.807, 2.05) is 7.05 Å². The van der Waals surface area contributed by atoms with Crippen molar-refractivity contribution in [1.29, 1.82) is 0 Å². The second-order valence-corrected chi connectivity index (χ2v) is 3.72. The Labute approximate surface area is 104 Å². The van der Waals surface area contributed by atoms with Gasteiger partial charge in [0.25, 0.3) is 5.91 Å². The van der Waals surface area contributed by atoms with Crippen molar-refractivity contribution in [2.45, 2.75) is 6.54 Å². The predicted molar refractivity (Wildman–Crippen MR) is 66.0 cm³/mol. The molecule has 18 heavy (non-hydrogen) atoms. The summed E-state index contributed by atoms with van der Waals surface area (Å²) in [5.41, 5.74) is 0.552. The van der Waals surface area contributed by atoms with E-state index in [-0.39, 0.29) is 5.91 Å². The maximum Gasteiger partial charge on any atom is 0.251 e. The number of nitrogens with one attached hydrogen (secondary N) is 2. The number of carbonyl (C=O) groups excluding carboxylic acids is 1. The maximum atomic E-state index is 11.9. The van der Waals surface area contributed by atoms with Crippen molar-refractivity contribution in [1.82, 2.24) is 25.1 Å². The first-order chi connectivity index (χ1) is 8.70. The lowest BCUT2D eigenvalue weighted by molar-refractivity contribution is 0.0949. The summed E-state index contributed by atoms with van der Waals surface area (Å²) in [6.45, 7) is 0.340. The van der Waals surface area contributed by atoms with Gasteiger partial charge in [-0.1, -0.05) is 0 Å². The van der Waals surface area contributed by atoms with Crippen LogP contribution < -0.4 is 10.6 Å². The zero-order valence-electron chi connectivity index (χ0n) is 10.2. The zero-order chi connectivity index (χ0) is 13.0. The van der Waals surface area contributed by atoms with Crippen molar-refractivity contribution in [2.75, 3.05) is 12.4 Å². The Kier molecular flexibility index (Phi) is 3.52. The Morgan fingerprint density at radius 2 is 2.33 bits per heavy atom. The molecule has 0 aromatic carbocycles. The molecule has 0 saturated carbocycles. The summed E-state index contributed by atoms with van der Waals surface area (Å²) in [4.78, 5) is 15.9. The molecular formula is C11H14N6O. The highest BCUT2D eigenvalue weighted by atomic mass is 16.1. The molecule has 2 aromatic heterocycles. The van der Waals surface area contributed by atoms with Crippen LogP contribution in [0.2, 0.25) is 0 Å². The first kappa shape index (κ1) is 12.0. The van der Waals surface area contributed by atoms with Crippen LogP contribution in [0, 0.1) is 0 Å². The molecule has 0 aliphatic rings. The Morgan fingerprint density at radius 3 is 3.00 bits per heavy atom. The molecule has 7 nitrogen and oxygen atoms in total. The number of rotatable bonds is 4. The predicted octanol–water partition coefficient (Wildman–Crippen LogP) is 0.182. The van der Waals surface area contributed by atoms with Gasteiger partial charge in [-0.3, -0.25) is 4.79 Å². The van der Waals surface area contributed by atoms with Gasteiger partial charge in [-0.05, 0) is 12.1 Å². The van der Waals surface area contributed by atoms with Crippen LogP contribution in [0.4, 0.5) is 5.82 Å². The summed E-state index contributed by atoms with van der Waals surface area (Å²) in [6, 6.07) is 3.35. The third-order valence-electron chi connectivity index (χ3n) is 2.49. The Hall–Kier alpha value is -2.44. The van der Waals surface area contributed by atoms with E-state index in [4.69, 9.17) is 0 Å². The lowest BCUT2D eigenvalue weighted by Gasteiger charge is -2.05. The molecule has 1 amide bonds. The van der Waals surface area contributed by atoms with E-state index in [0.29, 0.717) is 23.8 Å². The average molecular weight is 246 g/mol. The third kappa shape index (κ3) is 2.62. The van der Waals surface area contributed by atoms with Gasteiger partial charge in [0.15, 0.2) is 5.82 Å². The molecule has 94 valence electrons. The molecule has 2 N–H and O–H groups in total. The molecule has 2 rings (SSSR count). The van der Waals surface area contributed by atoms with Gasteiger partial charge < -0.3 is 15.2 Å². The number of aryl methyl sites for hydroxylation is 1. The quantitative estimate of drug-likeness (QED) is 0.804. The second-order valence-electron chi connectivity index (χ2n) is 3.72. The van der Waals surface area contributed by atoms with Gasteiger partial charge in [0.05, 0.1) is 6.54 Å². The summed E-state index contributed by atoms with van der Waals surface area (Å²) < 4.78 is 1.76. The lowest BCUT2D eigenvalue weighted by Crippen LogP contribution is -2.24. The van der Waals surface area contributed by atoms with E-state index in [9.17, 15) is 4.79 Å². The van der Waals surface area contributed by atoms with E-state index in [2.05, 4.69) is 25.8 Å². The van der Waals surface area contributed by atoms with Gasteiger partial charge >= 0.3 is 0 Å². The van der Waals surface area contributed by atoms with Gasteiger partial charge in [0, 0.05) is 25.9 Å². The molecule has 0 aliphatic heterocycles. The van der Waals surface area contributed by atoms with Gasteiger partial charge in [0.2, 0.25) is 0 Å². The van der Waals surface area contributed by atoms with Crippen LogP contribution in [0.1, 0.15) is 16.2 Å². The smallest absolute Gasteiger partial charge is 0.251 e. The van der Waals surface area contributed by atoms with E-state index in [1.54, 1.807) is 36.3 Å². The van der Waals surface area contributed by atoms with Crippen molar-refractivity contribution >= 4 is 11.7 Å². The molecule has 0 fully saturated rings. The van der Waals surface area contributed by atoms with Crippen LogP contribution >= 0.6 is 0 Å². The number of amides is 1. The highest BCUT2D eigenvalue weighted by molar-refractivity contribution is 5.94. The first-order valence-corrected chi connectivity index (χ1v) is 5.45. The number of nitrogens with zero attached hydrogens (tertiary/aromatic N) is 4. The SMILES string of the molecule is CNc1cc(C(=O)NCc2nncn2C)ccn1. The topological polar surface area (TPSA) is 84.7 Å². The van der Waals surface area contributed by atoms with Crippen molar-refractivity contribution in [2.24, 2.45) is 7.05 Å². The molecule has 0 aliphatic carbocycles. The highest BCUT2D eigenvalue weighted by Gasteiger charge is 2.08. The van der Waals surface area contributed by atoms with Crippen molar-refractivity contribution < 1.29 is 4.79 Å². The highest BCUT2D eigenvalue weighted by Crippen LogP contribution is 2.05. The number of aromatic nitrogens is 4. The van der Waals surface area contributed by atoms with Gasteiger partial charge in [-0.2, -0.15) is 0 Å². The second kappa shape index (κ2) is 5.26. The van der Waals surface area contributed by atoms with Crippen molar-refractivity contribution in [3.8, 4) is 0 Å². The minimum absolute atomic E-state index is 0.170. The summed E-state index contributed by atoms with van der Waals surface area (Å²) in [5.74, 6) is 1.18. The Morgan fingerprint density at radius 1 is 1.50 bits per heavy atom. The van der Waals surface area contributed by atoms with Crippen LogP contribution in [0.15, 0.2) is 24.7 Å². The van der Waals surface area contributed by atoms with Crippen LogP contribution in [-0.4, -0.2) is 32.7 Å². The van der Waals surface area contributed by atoms with Crippen molar-refractivity contribution in [3.63, 3.8) is 0 Å². The van der Waals surface area contributed by atoms with E-state index in [0.717, 1.165) is 0 Å². The zero-order valence-corrected chi connectivity index (χ0v) is 10.2. The number of hydrogen-bond acceptors (Lipinski definition) is 5. The fraction of sp³-hybridized carbons (Fsp3) is 0.273. The minimum Gasteiger partial charge on any atom is -0.373 e. The molecule has 0 spiro atoms. The van der Waals surface area contributed by atoms with E-state index in [1.165, 1.54) is 0 Å². The maximum absolute atomic E-state index is 11.9. The molecule has 0 saturated heterocycles. The normalized spacial score (nSPS) is 10.1. The number of hydrogen-bond donors (Lipinski definition) is 2. The third-order valence-corrected chi connectivity index (χ3v) is 2.49. The fourth-order valence-corrected chi connectivity index (χ4v) is 1.44. The lowest BCUT2D eigenvalue weighted by atomic mass is 10.2. The Bertz CT molecular complexity index is 550. The molecule has 7 heteroatoms.